The molecule has 1 aromatic carbocycles. The maximum absolute atomic E-state index is 13.1. The molecule has 2 aromatic rings. The summed E-state index contributed by atoms with van der Waals surface area (Å²) < 4.78 is 26.1. The van der Waals surface area contributed by atoms with Crippen LogP contribution in [0, 0.1) is 11.6 Å². The molecule has 0 aliphatic rings. The zero-order valence-corrected chi connectivity index (χ0v) is 11.7. The number of aromatic nitrogens is 1. The largest absolute Gasteiger partial charge is 0.300 e. The number of hydrogen-bond donors (Lipinski definition) is 0. The van der Waals surface area contributed by atoms with Crippen molar-refractivity contribution in [2.75, 3.05) is 13.6 Å². The molecule has 0 aliphatic carbocycles. The fourth-order valence-corrected chi connectivity index (χ4v) is 2.00. The predicted molar refractivity (Wildman–Crippen MR) is 75.9 cm³/mol. The molecule has 21 heavy (non-hydrogen) atoms. The Morgan fingerprint density at radius 1 is 1.19 bits per heavy atom. The number of ketones is 1. The summed E-state index contributed by atoms with van der Waals surface area (Å²) in [7, 11) is 1.87. The molecule has 0 spiro atoms. The van der Waals surface area contributed by atoms with E-state index >= 15 is 0 Å². The molecule has 1 heterocycles. The van der Waals surface area contributed by atoms with Crippen molar-refractivity contribution in [3.8, 4) is 0 Å². The molecule has 0 saturated carbocycles. The molecule has 5 heteroatoms. The number of rotatable bonds is 6. The molecular weight excluding hydrogens is 274 g/mol. The minimum atomic E-state index is -0.736. The maximum atomic E-state index is 13.1. The lowest BCUT2D eigenvalue weighted by Crippen LogP contribution is -2.22. The van der Waals surface area contributed by atoms with E-state index < -0.39 is 11.6 Å². The van der Waals surface area contributed by atoms with Crippen molar-refractivity contribution in [1.82, 2.24) is 9.88 Å². The monoisotopic (exact) mass is 290 g/mol. The number of carbonyl (C=O) groups is 1. The lowest BCUT2D eigenvalue weighted by molar-refractivity contribution is 0.0966. The molecule has 0 radical (unpaired) electrons. The van der Waals surface area contributed by atoms with Crippen molar-refractivity contribution >= 4 is 5.78 Å². The summed E-state index contributed by atoms with van der Waals surface area (Å²) in [4.78, 5) is 18.1. The van der Waals surface area contributed by atoms with Crippen LogP contribution >= 0.6 is 0 Å². The highest BCUT2D eigenvalue weighted by Gasteiger charge is 2.11. The van der Waals surface area contributed by atoms with Gasteiger partial charge >= 0.3 is 0 Å². The summed E-state index contributed by atoms with van der Waals surface area (Å²) in [6, 6.07) is 8.51. The summed E-state index contributed by atoms with van der Waals surface area (Å²) in [5, 5.41) is 0. The number of Topliss-reactive ketones (excluding diaryl/α,β-unsaturated/α-hetero) is 1. The third-order valence-corrected chi connectivity index (χ3v) is 3.06. The van der Waals surface area contributed by atoms with Crippen molar-refractivity contribution in [2.24, 2.45) is 0 Å². The first-order chi connectivity index (χ1) is 10.0. The molecule has 0 N–H and O–H groups in total. The van der Waals surface area contributed by atoms with E-state index in [1.165, 1.54) is 0 Å². The molecule has 1 aromatic heterocycles. The Morgan fingerprint density at radius 2 is 1.90 bits per heavy atom. The van der Waals surface area contributed by atoms with Crippen LogP contribution in [0.4, 0.5) is 8.78 Å². The van der Waals surface area contributed by atoms with Crippen LogP contribution < -0.4 is 0 Å². The molecule has 0 amide bonds. The summed E-state index contributed by atoms with van der Waals surface area (Å²) in [6.45, 7) is 1.11. The zero-order valence-electron chi connectivity index (χ0n) is 11.7. The molecular formula is C16H16F2N2O. The van der Waals surface area contributed by atoms with E-state index in [2.05, 4.69) is 4.98 Å². The molecule has 0 saturated heterocycles. The smallest absolute Gasteiger partial charge is 0.164 e. The van der Waals surface area contributed by atoms with Gasteiger partial charge in [0, 0.05) is 37.3 Å². The van der Waals surface area contributed by atoms with E-state index in [9.17, 15) is 13.6 Å². The molecule has 110 valence electrons. The van der Waals surface area contributed by atoms with E-state index in [4.69, 9.17) is 0 Å². The SMILES string of the molecule is CN(CCC(=O)c1cc(F)cc(F)c1)Cc1ccccn1. The Hall–Kier alpha value is -2.14. The normalized spacial score (nSPS) is 10.9. The van der Waals surface area contributed by atoms with Gasteiger partial charge in [-0.2, -0.15) is 0 Å². The van der Waals surface area contributed by atoms with Gasteiger partial charge in [0.15, 0.2) is 5.78 Å². The third-order valence-electron chi connectivity index (χ3n) is 3.06. The summed E-state index contributed by atoms with van der Waals surface area (Å²) in [6.07, 6.45) is 1.91. The van der Waals surface area contributed by atoms with Crippen LogP contribution in [0.25, 0.3) is 0 Å². The van der Waals surface area contributed by atoms with E-state index in [0.717, 1.165) is 23.9 Å². The first-order valence-corrected chi connectivity index (χ1v) is 6.62. The van der Waals surface area contributed by atoms with Gasteiger partial charge in [0.2, 0.25) is 0 Å². The highest BCUT2D eigenvalue weighted by molar-refractivity contribution is 5.96. The number of pyridine rings is 1. The van der Waals surface area contributed by atoms with Crippen molar-refractivity contribution in [2.45, 2.75) is 13.0 Å². The van der Waals surface area contributed by atoms with Gasteiger partial charge in [-0.25, -0.2) is 8.78 Å². The molecule has 0 unspecified atom stereocenters. The molecule has 0 atom stereocenters. The van der Waals surface area contributed by atoms with Crippen molar-refractivity contribution in [3.63, 3.8) is 0 Å². The van der Waals surface area contributed by atoms with Gasteiger partial charge in [-0.3, -0.25) is 9.78 Å². The highest BCUT2D eigenvalue weighted by Crippen LogP contribution is 2.11. The Balaban J connectivity index is 1.88. The third kappa shape index (κ3) is 4.72. The fraction of sp³-hybridized carbons (Fsp3) is 0.250. The number of nitrogens with zero attached hydrogens (tertiary/aromatic N) is 2. The fourth-order valence-electron chi connectivity index (χ4n) is 2.00. The second kappa shape index (κ2) is 7.04. The number of hydrogen-bond acceptors (Lipinski definition) is 3. The van der Waals surface area contributed by atoms with E-state index in [1.807, 2.05) is 30.1 Å². The Labute approximate surface area is 122 Å². The van der Waals surface area contributed by atoms with Crippen molar-refractivity contribution in [3.05, 3.63) is 65.5 Å². The summed E-state index contributed by atoms with van der Waals surface area (Å²) in [5.41, 5.74) is 0.975. The van der Waals surface area contributed by atoms with Gasteiger partial charge in [0.05, 0.1) is 5.69 Å². The average molecular weight is 290 g/mol. The van der Waals surface area contributed by atoms with Gasteiger partial charge in [-0.1, -0.05) is 6.07 Å². The van der Waals surface area contributed by atoms with Gasteiger partial charge in [0.25, 0.3) is 0 Å². The van der Waals surface area contributed by atoms with Gasteiger partial charge in [0.1, 0.15) is 11.6 Å². The average Bonchev–Trinajstić information content (AvgIpc) is 2.45. The molecule has 2 rings (SSSR count). The molecule has 0 aliphatic heterocycles. The first kappa shape index (κ1) is 15.3. The second-order valence-corrected chi connectivity index (χ2v) is 4.89. The lowest BCUT2D eigenvalue weighted by atomic mass is 10.1. The standard InChI is InChI=1S/C16H16F2N2O/c1-20(11-15-4-2-3-6-19-15)7-5-16(21)12-8-13(17)10-14(18)9-12/h2-4,6,8-10H,5,7,11H2,1H3. The lowest BCUT2D eigenvalue weighted by Gasteiger charge is -2.15. The topological polar surface area (TPSA) is 33.2 Å². The van der Waals surface area contributed by atoms with Crippen LogP contribution in [0.15, 0.2) is 42.6 Å². The van der Waals surface area contributed by atoms with Gasteiger partial charge in [-0.15, -0.1) is 0 Å². The minimum Gasteiger partial charge on any atom is -0.300 e. The van der Waals surface area contributed by atoms with Crippen molar-refractivity contribution in [1.29, 1.82) is 0 Å². The van der Waals surface area contributed by atoms with Crippen LogP contribution in [0.3, 0.4) is 0 Å². The van der Waals surface area contributed by atoms with Crippen LogP contribution in [0.5, 0.6) is 0 Å². The van der Waals surface area contributed by atoms with E-state index in [0.29, 0.717) is 13.1 Å². The highest BCUT2D eigenvalue weighted by atomic mass is 19.1. The predicted octanol–water partition coefficient (Wildman–Crippen LogP) is 3.06. The van der Waals surface area contributed by atoms with Crippen LogP contribution in [-0.2, 0) is 6.54 Å². The minimum absolute atomic E-state index is 0.0683. The van der Waals surface area contributed by atoms with Gasteiger partial charge in [-0.05, 0) is 31.3 Å². The van der Waals surface area contributed by atoms with Crippen LogP contribution in [-0.4, -0.2) is 29.3 Å². The maximum Gasteiger partial charge on any atom is 0.164 e. The Kier molecular flexibility index (Phi) is 5.11. The first-order valence-electron chi connectivity index (χ1n) is 6.62. The van der Waals surface area contributed by atoms with E-state index in [-0.39, 0.29) is 17.8 Å². The van der Waals surface area contributed by atoms with Crippen molar-refractivity contribution < 1.29 is 13.6 Å². The summed E-state index contributed by atoms with van der Waals surface area (Å²) >= 11 is 0. The quantitative estimate of drug-likeness (QED) is 0.767. The van der Waals surface area contributed by atoms with Gasteiger partial charge < -0.3 is 4.90 Å². The summed E-state index contributed by atoms with van der Waals surface area (Å²) in [5.74, 6) is -1.75. The van der Waals surface area contributed by atoms with Crippen LogP contribution in [0.2, 0.25) is 0 Å². The van der Waals surface area contributed by atoms with E-state index in [1.54, 1.807) is 6.20 Å². The molecule has 3 nitrogen and oxygen atoms in total. The Bertz CT molecular complexity index is 597. The molecule has 0 bridgehead atoms. The number of carbonyl (C=O) groups excluding carboxylic acids is 1. The second-order valence-electron chi connectivity index (χ2n) is 4.89. The van der Waals surface area contributed by atoms with Crippen LogP contribution in [0.1, 0.15) is 22.5 Å². The zero-order chi connectivity index (χ0) is 15.2. The number of halogens is 2. The molecule has 0 fully saturated rings. The Morgan fingerprint density at radius 3 is 2.52 bits per heavy atom. The number of benzene rings is 1.